The lowest BCUT2D eigenvalue weighted by Gasteiger charge is -2.11. The number of nitrogens with zero attached hydrogens (tertiary/aromatic N) is 1. The highest BCUT2D eigenvalue weighted by molar-refractivity contribution is 5.93. The molecule has 3 N–H and O–H groups in total. The first-order valence-corrected chi connectivity index (χ1v) is 6.55. The Morgan fingerprint density at radius 2 is 1.90 bits per heavy atom. The van der Waals surface area contributed by atoms with Gasteiger partial charge in [0.15, 0.2) is 11.5 Å². The van der Waals surface area contributed by atoms with Crippen LogP contribution in [0.5, 0.6) is 11.5 Å². The minimum absolute atomic E-state index is 0.286. The lowest BCUT2D eigenvalue weighted by Crippen LogP contribution is -2.30. The lowest BCUT2D eigenvalue weighted by atomic mass is 10.2. The molecule has 0 atom stereocenters. The van der Waals surface area contributed by atoms with Gasteiger partial charge in [-0.2, -0.15) is 0 Å². The summed E-state index contributed by atoms with van der Waals surface area (Å²) in [6.07, 6.45) is 1.45. The van der Waals surface area contributed by atoms with Gasteiger partial charge in [0.05, 0.1) is 17.9 Å². The number of hydrogen-bond donors (Lipinski definition) is 2. The smallest absolute Gasteiger partial charge is 0.266 e. The summed E-state index contributed by atoms with van der Waals surface area (Å²) in [7, 11) is 0. The molecule has 0 saturated heterocycles. The van der Waals surface area contributed by atoms with E-state index in [1.807, 2.05) is 31.2 Å². The van der Waals surface area contributed by atoms with Crippen molar-refractivity contribution in [1.82, 2.24) is 10.4 Å². The number of para-hydroxylation sites is 2. The third kappa shape index (κ3) is 3.93. The van der Waals surface area contributed by atoms with Crippen molar-refractivity contribution in [2.75, 3.05) is 6.61 Å². The number of hydrogen-bond acceptors (Lipinski definition) is 5. The van der Waals surface area contributed by atoms with Crippen LogP contribution < -0.4 is 20.7 Å². The highest BCUT2D eigenvalue weighted by Crippen LogP contribution is 2.26. The standard InChI is InChI=1S/C15H17N3O3/c1-2-20-13-5-3-4-6-14(13)21-10-12-8-7-11(9-17-12)15(19)18-16/h3-9H,2,10,16H2,1H3,(H,18,19). The van der Waals surface area contributed by atoms with Gasteiger partial charge in [-0.3, -0.25) is 15.2 Å². The molecule has 6 heteroatoms. The third-order valence-electron chi connectivity index (χ3n) is 2.74. The number of pyridine rings is 1. The number of nitrogen functional groups attached to an aromatic ring is 1. The maximum atomic E-state index is 11.3. The monoisotopic (exact) mass is 287 g/mol. The van der Waals surface area contributed by atoms with Crippen LogP contribution in [0.1, 0.15) is 23.0 Å². The molecule has 0 spiro atoms. The van der Waals surface area contributed by atoms with E-state index in [9.17, 15) is 4.79 Å². The second-order valence-corrected chi connectivity index (χ2v) is 4.18. The first-order chi connectivity index (χ1) is 10.2. The second kappa shape index (κ2) is 7.25. The highest BCUT2D eigenvalue weighted by atomic mass is 16.5. The molecular weight excluding hydrogens is 270 g/mol. The fourth-order valence-electron chi connectivity index (χ4n) is 1.72. The fraction of sp³-hybridized carbons (Fsp3) is 0.200. The minimum Gasteiger partial charge on any atom is -0.490 e. The Bertz CT molecular complexity index is 599. The number of nitrogens with one attached hydrogen (secondary N) is 1. The number of aromatic nitrogens is 1. The SMILES string of the molecule is CCOc1ccccc1OCc1ccc(C(=O)NN)cn1. The summed E-state index contributed by atoms with van der Waals surface area (Å²) in [5.41, 5.74) is 3.16. The van der Waals surface area contributed by atoms with Crippen molar-refractivity contribution in [3.05, 3.63) is 53.9 Å². The zero-order valence-electron chi connectivity index (χ0n) is 11.7. The van der Waals surface area contributed by atoms with Crippen LogP contribution in [-0.2, 0) is 6.61 Å². The van der Waals surface area contributed by atoms with Crippen molar-refractivity contribution >= 4 is 5.91 Å². The predicted molar refractivity (Wildman–Crippen MR) is 77.8 cm³/mol. The summed E-state index contributed by atoms with van der Waals surface area (Å²) >= 11 is 0. The number of benzene rings is 1. The third-order valence-corrected chi connectivity index (χ3v) is 2.74. The quantitative estimate of drug-likeness (QED) is 0.479. The number of carbonyl (C=O) groups is 1. The van der Waals surface area contributed by atoms with Gasteiger partial charge in [0.1, 0.15) is 6.61 Å². The zero-order valence-corrected chi connectivity index (χ0v) is 11.7. The van der Waals surface area contributed by atoms with Gasteiger partial charge in [0.25, 0.3) is 5.91 Å². The fourth-order valence-corrected chi connectivity index (χ4v) is 1.72. The van der Waals surface area contributed by atoms with Crippen LogP contribution in [0.3, 0.4) is 0 Å². The van der Waals surface area contributed by atoms with Gasteiger partial charge in [0.2, 0.25) is 0 Å². The first kappa shape index (κ1) is 14.8. The normalized spacial score (nSPS) is 10.0. The largest absolute Gasteiger partial charge is 0.490 e. The predicted octanol–water partition coefficient (Wildman–Crippen LogP) is 1.66. The average molecular weight is 287 g/mol. The summed E-state index contributed by atoms with van der Waals surface area (Å²) in [5, 5.41) is 0. The van der Waals surface area contributed by atoms with Crippen LogP contribution in [0.15, 0.2) is 42.6 Å². The van der Waals surface area contributed by atoms with Gasteiger partial charge in [-0.1, -0.05) is 12.1 Å². The highest BCUT2D eigenvalue weighted by Gasteiger charge is 2.06. The van der Waals surface area contributed by atoms with Crippen LogP contribution in [0.4, 0.5) is 0 Å². The molecule has 2 rings (SSSR count). The van der Waals surface area contributed by atoms with Gasteiger partial charge in [0, 0.05) is 6.20 Å². The molecule has 1 aromatic heterocycles. The van der Waals surface area contributed by atoms with Gasteiger partial charge >= 0.3 is 0 Å². The topological polar surface area (TPSA) is 86.5 Å². The Kier molecular flexibility index (Phi) is 5.11. The van der Waals surface area contributed by atoms with E-state index in [1.165, 1.54) is 6.20 Å². The summed E-state index contributed by atoms with van der Waals surface area (Å²) < 4.78 is 11.2. The number of ether oxygens (including phenoxy) is 2. The van der Waals surface area contributed by atoms with E-state index in [0.29, 0.717) is 29.4 Å². The maximum Gasteiger partial charge on any atom is 0.266 e. The van der Waals surface area contributed by atoms with Gasteiger partial charge in [-0.15, -0.1) is 0 Å². The Hall–Kier alpha value is -2.60. The summed E-state index contributed by atoms with van der Waals surface area (Å²) in [6.45, 7) is 2.77. The van der Waals surface area contributed by atoms with Gasteiger partial charge in [-0.25, -0.2) is 5.84 Å². The molecule has 1 amide bonds. The van der Waals surface area contributed by atoms with Crippen LogP contribution in [0.2, 0.25) is 0 Å². The minimum atomic E-state index is -0.378. The Morgan fingerprint density at radius 3 is 2.48 bits per heavy atom. The number of nitrogens with two attached hydrogens (primary N) is 1. The van der Waals surface area contributed by atoms with Crippen LogP contribution in [0.25, 0.3) is 0 Å². The molecular formula is C15H17N3O3. The van der Waals surface area contributed by atoms with E-state index >= 15 is 0 Å². The summed E-state index contributed by atoms with van der Waals surface area (Å²) in [6, 6.07) is 10.8. The average Bonchev–Trinajstić information content (AvgIpc) is 2.54. The molecule has 0 aliphatic heterocycles. The number of hydrazine groups is 1. The molecule has 0 aliphatic carbocycles. The van der Waals surface area contributed by atoms with Crippen molar-refractivity contribution in [1.29, 1.82) is 0 Å². The zero-order chi connectivity index (χ0) is 15.1. The van der Waals surface area contributed by atoms with Gasteiger partial charge in [-0.05, 0) is 31.2 Å². The van der Waals surface area contributed by atoms with Crippen molar-refractivity contribution in [3.63, 3.8) is 0 Å². The first-order valence-electron chi connectivity index (χ1n) is 6.55. The number of amides is 1. The Morgan fingerprint density at radius 1 is 1.19 bits per heavy atom. The summed E-state index contributed by atoms with van der Waals surface area (Å²) in [4.78, 5) is 15.5. The van der Waals surface area contributed by atoms with E-state index in [2.05, 4.69) is 10.4 Å². The second-order valence-electron chi connectivity index (χ2n) is 4.18. The van der Waals surface area contributed by atoms with E-state index in [-0.39, 0.29) is 12.5 Å². The van der Waals surface area contributed by atoms with Crippen molar-refractivity contribution < 1.29 is 14.3 Å². The molecule has 0 saturated carbocycles. The molecule has 0 fully saturated rings. The molecule has 0 bridgehead atoms. The van der Waals surface area contributed by atoms with Crippen molar-refractivity contribution in [2.24, 2.45) is 5.84 Å². The van der Waals surface area contributed by atoms with Crippen molar-refractivity contribution in [3.8, 4) is 11.5 Å². The number of carbonyl (C=O) groups excluding carboxylic acids is 1. The molecule has 1 aromatic carbocycles. The van der Waals surface area contributed by atoms with Crippen LogP contribution in [0, 0.1) is 0 Å². The molecule has 6 nitrogen and oxygen atoms in total. The van der Waals surface area contributed by atoms with E-state index in [4.69, 9.17) is 15.3 Å². The molecule has 0 aliphatic rings. The van der Waals surface area contributed by atoms with Crippen LogP contribution in [-0.4, -0.2) is 17.5 Å². The molecule has 0 unspecified atom stereocenters. The lowest BCUT2D eigenvalue weighted by molar-refractivity contribution is 0.0953. The van der Waals surface area contributed by atoms with Gasteiger partial charge < -0.3 is 9.47 Å². The van der Waals surface area contributed by atoms with E-state index < -0.39 is 0 Å². The molecule has 0 radical (unpaired) electrons. The summed E-state index contributed by atoms with van der Waals surface area (Å²) in [5.74, 6) is 6.03. The van der Waals surface area contributed by atoms with Crippen molar-refractivity contribution in [2.45, 2.75) is 13.5 Å². The Balaban J connectivity index is 2.01. The maximum absolute atomic E-state index is 11.3. The molecule has 110 valence electrons. The van der Waals surface area contributed by atoms with E-state index in [0.717, 1.165) is 0 Å². The molecule has 2 aromatic rings. The Labute approximate surface area is 122 Å². The van der Waals surface area contributed by atoms with E-state index in [1.54, 1.807) is 12.1 Å². The number of rotatable bonds is 6. The van der Waals surface area contributed by atoms with Crippen LogP contribution >= 0.6 is 0 Å². The molecule has 21 heavy (non-hydrogen) atoms. The molecule has 1 heterocycles.